The van der Waals surface area contributed by atoms with E-state index >= 15 is 0 Å². The Bertz CT molecular complexity index is 1290. The smallest absolute Gasteiger partial charge is 0.460 e. The number of rotatable bonds is 9. The summed E-state index contributed by atoms with van der Waals surface area (Å²) in [6.07, 6.45) is -3.52. The van der Waals surface area contributed by atoms with Crippen LogP contribution in [-0.2, 0) is 27.4 Å². The number of unbranched alkanes of at least 4 members (excludes halogenated alkanes) is 1. The lowest BCUT2D eigenvalue weighted by Crippen LogP contribution is -2.63. The molecule has 0 bridgehead atoms. The molecule has 0 aromatic heterocycles. The molecule has 3 nitrogen and oxygen atoms in total. The fourth-order valence-corrected chi connectivity index (χ4v) is 6.03. The molecule has 0 heterocycles. The fraction of sp³-hybridized carbons (Fsp3) is 0.308. The summed E-state index contributed by atoms with van der Waals surface area (Å²) in [5.41, 5.74) is 1.49. The summed E-state index contributed by atoms with van der Waals surface area (Å²) in [7, 11) is -7.45. The maximum absolute atomic E-state index is 12.2. The second kappa shape index (κ2) is 12.9. The lowest BCUT2D eigenvalue weighted by molar-refractivity contribution is -0.382. The van der Waals surface area contributed by atoms with Crippen LogP contribution in [0.3, 0.4) is 0 Å². The van der Waals surface area contributed by atoms with Gasteiger partial charge in [-0.15, -0.1) is 0 Å². The van der Waals surface area contributed by atoms with Crippen LogP contribution in [0.2, 0.25) is 0 Å². The Morgan fingerprint density at radius 2 is 1.10 bits per heavy atom. The minimum absolute atomic E-state index is 0.0297. The zero-order chi connectivity index (χ0) is 30.4. The first kappa shape index (κ1) is 33.5. The second-order valence-corrected chi connectivity index (χ2v) is 11.7. The van der Waals surface area contributed by atoms with Crippen molar-refractivity contribution in [1.29, 1.82) is 0 Å². The van der Waals surface area contributed by atoms with Gasteiger partial charge in [-0.1, -0.05) is 67.9 Å². The Hall–Kier alpha value is -2.71. The molecular weight excluding hydrogens is 595 g/mol. The van der Waals surface area contributed by atoms with E-state index in [9.17, 15) is 52.5 Å². The Morgan fingerprint density at radius 3 is 1.50 bits per heavy atom. The summed E-state index contributed by atoms with van der Waals surface area (Å²) < 4.78 is 135. The van der Waals surface area contributed by atoms with Crippen molar-refractivity contribution in [3.8, 4) is 0 Å². The number of hydrogen-bond acceptors (Lipinski definition) is 3. The van der Waals surface area contributed by atoms with Crippen LogP contribution in [0.5, 0.6) is 0 Å². The van der Waals surface area contributed by atoms with Gasteiger partial charge in [0.1, 0.15) is 0 Å². The molecule has 0 spiro atoms. The highest BCUT2D eigenvalue weighted by Crippen LogP contribution is 2.54. The van der Waals surface area contributed by atoms with Crippen molar-refractivity contribution in [2.24, 2.45) is 0 Å². The molecule has 0 saturated heterocycles. The zero-order valence-electron chi connectivity index (χ0n) is 20.6. The molecule has 14 heteroatoms. The molecule has 40 heavy (non-hydrogen) atoms. The molecule has 0 atom stereocenters. The van der Waals surface area contributed by atoms with Crippen molar-refractivity contribution < 1.29 is 52.5 Å². The first-order valence-corrected chi connectivity index (χ1v) is 14.1. The van der Waals surface area contributed by atoms with E-state index < -0.39 is 33.4 Å². The summed E-state index contributed by atoms with van der Waals surface area (Å²) in [5.74, 6) is -14.8. The Kier molecular flexibility index (Phi) is 10.8. The predicted octanol–water partition coefficient (Wildman–Crippen LogP) is 8.08. The van der Waals surface area contributed by atoms with E-state index in [1.165, 1.54) is 33.1 Å². The van der Waals surface area contributed by atoms with E-state index in [1.54, 1.807) is 0 Å². The van der Waals surface area contributed by atoms with Crippen molar-refractivity contribution in [2.45, 2.75) is 64.1 Å². The normalized spacial score (nSPS) is 13.1. The van der Waals surface area contributed by atoms with E-state index in [1.807, 2.05) is 0 Å². The van der Waals surface area contributed by atoms with Gasteiger partial charge >= 0.3 is 23.3 Å². The van der Waals surface area contributed by atoms with Crippen molar-refractivity contribution in [3.05, 3.63) is 90.5 Å². The van der Waals surface area contributed by atoms with Crippen LogP contribution in [0.4, 0.5) is 39.5 Å². The van der Waals surface area contributed by atoms with Crippen molar-refractivity contribution in [1.82, 2.24) is 0 Å². The zero-order valence-corrected chi connectivity index (χ0v) is 22.3. The van der Waals surface area contributed by atoms with Gasteiger partial charge in [0.25, 0.3) is 0 Å². The van der Waals surface area contributed by atoms with Gasteiger partial charge in [0.15, 0.2) is 24.8 Å². The predicted molar refractivity (Wildman–Crippen MR) is 131 cm³/mol. The van der Waals surface area contributed by atoms with Crippen LogP contribution in [0, 0.1) is 0 Å². The van der Waals surface area contributed by atoms with Gasteiger partial charge in [-0.25, -0.2) is 8.42 Å². The molecule has 0 aliphatic rings. The van der Waals surface area contributed by atoms with E-state index in [0.29, 0.717) is 0 Å². The number of hydrogen-bond donors (Lipinski definition) is 0. The maximum Gasteiger partial charge on any atom is 0.460 e. The average molecular weight is 619 g/mol. The molecule has 0 N–H and O–H groups in total. The molecule has 0 radical (unpaired) electrons. The lowest BCUT2D eigenvalue weighted by Gasteiger charge is -2.34. The third-order valence-electron chi connectivity index (χ3n) is 5.38. The molecule has 0 saturated carbocycles. The Morgan fingerprint density at radius 1 is 0.675 bits per heavy atom. The first-order valence-electron chi connectivity index (χ1n) is 11.5. The summed E-state index contributed by atoms with van der Waals surface area (Å²) in [6.45, 7) is 2.26. The summed E-state index contributed by atoms with van der Waals surface area (Å²) in [4.78, 5) is 4.25. The molecule has 0 unspecified atom stereocenters. The minimum Gasteiger partial charge on any atom is -0.743 e. The third-order valence-corrected chi connectivity index (χ3v) is 8.59. The Labute approximate surface area is 228 Å². The number of aryl methyl sites for hydroxylation is 1. The van der Waals surface area contributed by atoms with Crippen LogP contribution < -0.4 is 0 Å². The number of alkyl halides is 9. The largest absolute Gasteiger partial charge is 0.743 e. The standard InChI is InChI=1S/C22H23S.C4HF9O3S/c1-2-3-12-19-13-10-11-18-22(19)23(20-14-6-4-7-15-20)21-16-8-5-9-17-21;5-1(6,3(9,10)11)2(7,8)4(12,13)17(14,15)16/h4-11,13-18H,2-3,12H2,1H3;(H,14,15,16)/q+1;/p-1. The average Bonchev–Trinajstić information content (AvgIpc) is 2.88. The second-order valence-electron chi connectivity index (χ2n) is 8.26. The summed E-state index contributed by atoms with van der Waals surface area (Å²) >= 11 is 0. The van der Waals surface area contributed by atoms with E-state index in [-0.39, 0.29) is 10.9 Å². The molecule has 0 amide bonds. The molecule has 0 aliphatic heterocycles. The lowest BCUT2D eigenvalue weighted by atomic mass is 10.1. The third kappa shape index (κ3) is 7.13. The topological polar surface area (TPSA) is 57.2 Å². The van der Waals surface area contributed by atoms with Gasteiger partial charge in [-0.05, 0) is 43.2 Å². The summed E-state index contributed by atoms with van der Waals surface area (Å²) in [5, 5.41) is -7.11. The quantitative estimate of drug-likeness (QED) is 0.138. The van der Waals surface area contributed by atoms with Crippen molar-refractivity contribution in [3.63, 3.8) is 0 Å². The molecule has 0 fully saturated rings. The molecule has 3 aromatic rings. The van der Waals surface area contributed by atoms with Crippen molar-refractivity contribution in [2.75, 3.05) is 0 Å². The van der Waals surface area contributed by atoms with Crippen LogP contribution in [0.15, 0.2) is 99.6 Å². The van der Waals surface area contributed by atoms with E-state index in [0.717, 1.165) is 6.42 Å². The molecular formula is C26H23F9O3S2. The van der Waals surface area contributed by atoms with Crippen LogP contribution in [0.1, 0.15) is 25.3 Å². The number of benzene rings is 3. The molecule has 3 aromatic carbocycles. The van der Waals surface area contributed by atoms with Gasteiger partial charge in [-0.3, -0.25) is 0 Å². The number of halogens is 9. The summed E-state index contributed by atoms with van der Waals surface area (Å²) in [6, 6.07) is 30.8. The van der Waals surface area contributed by atoms with Crippen LogP contribution in [0.25, 0.3) is 0 Å². The highest BCUT2D eigenvalue weighted by Gasteiger charge is 2.83. The molecule has 0 aliphatic carbocycles. The van der Waals surface area contributed by atoms with Crippen molar-refractivity contribution >= 4 is 21.0 Å². The minimum atomic E-state index is -7.43. The van der Waals surface area contributed by atoms with Gasteiger partial charge in [0.2, 0.25) is 0 Å². The highest BCUT2D eigenvalue weighted by molar-refractivity contribution is 7.97. The van der Waals surface area contributed by atoms with Crippen LogP contribution in [-0.4, -0.2) is 36.2 Å². The van der Waals surface area contributed by atoms with Gasteiger partial charge in [0, 0.05) is 5.56 Å². The van der Waals surface area contributed by atoms with E-state index in [4.69, 9.17) is 0 Å². The monoisotopic (exact) mass is 618 g/mol. The van der Waals surface area contributed by atoms with Gasteiger partial charge in [-0.2, -0.15) is 39.5 Å². The first-order chi connectivity index (χ1) is 18.4. The maximum atomic E-state index is 12.2. The SMILES string of the molecule is CCCCc1ccccc1[S+](c1ccccc1)c1ccccc1.O=S(=O)([O-])C(F)(F)C(F)(F)C(F)(F)C(F)(F)F. The van der Waals surface area contributed by atoms with Gasteiger partial charge < -0.3 is 4.55 Å². The highest BCUT2D eigenvalue weighted by atomic mass is 32.2. The van der Waals surface area contributed by atoms with Gasteiger partial charge in [0.05, 0.1) is 10.9 Å². The molecule has 3 rings (SSSR count). The van der Waals surface area contributed by atoms with E-state index in [2.05, 4.69) is 91.9 Å². The fourth-order valence-electron chi connectivity index (χ4n) is 3.30. The molecule has 220 valence electrons. The Balaban J connectivity index is 0.000000296. The van der Waals surface area contributed by atoms with Crippen LogP contribution >= 0.6 is 0 Å².